The van der Waals surface area contributed by atoms with Crippen LogP contribution in [0.25, 0.3) is 0 Å². The van der Waals surface area contributed by atoms with Gasteiger partial charge in [0.05, 0.1) is 0 Å². The van der Waals surface area contributed by atoms with Crippen LogP contribution >= 0.6 is 0 Å². The number of nitrogens with one attached hydrogen (secondary N) is 1. The van der Waals surface area contributed by atoms with Crippen LogP contribution in [-0.2, 0) is 0 Å². The molecule has 2 nitrogen and oxygen atoms in total. The summed E-state index contributed by atoms with van der Waals surface area (Å²) in [5, 5.41) is 3.62. The molecule has 1 aromatic carbocycles. The van der Waals surface area contributed by atoms with Crippen molar-refractivity contribution in [2.24, 2.45) is 5.92 Å². The third-order valence-electron chi connectivity index (χ3n) is 4.16. The molecule has 0 radical (unpaired) electrons. The molecule has 0 aliphatic carbocycles. The number of hydrogen-bond donors (Lipinski definition) is 1. The Hall–Kier alpha value is -1.09. The molecule has 2 unspecified atom stereocenters. The summed E-state index contributed by atoms with van der Waals surface area (Å²) in [6.45, 7) is 10.7. The Bertz CT molecular complexity index is 431. The molecule has 1 aliphatic rings. The maximum absolute atomic E-state index is 13.3. The predicted molar refractivity (Wildman–Crippen MR) is 79.2 cm³/mol. The summed E-state index contributed by atoms with van der Waals surface area (Å²) in [7, 11) is 0. The van der Waals surface area contributed by atoms with E-state index in [0.29, 0.717) is 18.0 Å². The molecule has 1 fully saturated rings. The van der Waals surface area contributed by atoms with Gasteiger partial charge in [-0.1, -0.05) is 20.8 Å². The smallest absolute Gasteiger partial charge is 0.123 e. The highest BCUT2D eigenvalue weighted by atomic mass is 19.1. The van der Waals surface area contributed by atoms with Crippen LogP contribution in [0, 0.1) is 18.7 Å². The first-order valence-electron chi connectivity index (χ1n) is 7.29. The first-order chi connectivity index (χ1) is 9.02. The Morgan fingerprint density at radius 3 is 2.74 bits per heavy atom. The molecule has 1 N–H and O–H groups in total. The third kappa shape index (κ3) is 3.08. The molecule has 1 aliphatic heterocycles. The molecule has 106 valence electrons. The molecule has 0 spiro atoms. The third-order valence-corrected chi connectivity index (χ3v) is 4.16. The summed E-state index contributed by atoms with van der Waals surface area (Å²) in [4.78, 5) is 2.46. The van der Waals surface area contributed by atoms with Gasteiger partial charge < -0.3 is 10.2 Å². The maximum Gasteiger partial charge on any atom is 0.123 e. The van der Waals surface area contributed by atoms with E-state index in [2.05, 4.69) is 31.0 Å². The zero-order chi connectivity index (χ0) is 14.0. The van der Waals surface area contributed by atoms with E-state index in [1.54, 1.807) is 12.1 Å². The van der Waals surface area contributed by atoms with Crippen molar-refractivity contribution in [2.75, 3.05) is 18.0 Å². The quantitative estimate of drug-likeness (QED) is 0.900. The molecular formula is C16H25FN2. The number of anilines is 1. The summed E-state index contributed by atoms with van der Waals surface area (Å²) in [5.41, 5.74) is 2.21. The van der Waals surface area contributed by atoms with E-state index in [-0.39, 0.29) is 5.82 Å². The summed E-state index contributed by atoms with van der Waals surface area (Å²) < 4.78 is 13.3. The first kappa shape index (κ1) is 14.3. The van der Waals surface area contributed by atoms with E-state index in [9.17, 15) is 4.39 Å². The van der Waals surface area contributed by atoms with Crippen molar-refractivity contribution in [3.05, 3.63) is 29.6 Å². The molecule has 0 bridgehead atoms. The van der Waals surface area contributed by atoms with E-state index < -0.39 is 0 Å². The lowest BCUT2D eigenvalue weighted by molar-refractivity contribution is 0.333. The van der Waals surface area contributed by atoms with Crippen molar-refractivity contribution in [1.82, 2.24) is 5.32 Å². The highest BCUT2D eigenvalue weighted by Crippen LogP contribution is 2.27. The lowest BCUT2D eigenvalue weighted by Crippen LogP contribution is -2.58. The van der Waals surface area contributed by atoms with Crippen molar-refractivity contribution in [3.63, 3.8) is 0 Å². The topological polar surface area (TPSA) is 15.3 Å². The van der Waals surface area contributed by atoms with Gasteiger partial charge in [0.1, 0.15) is 5.82 Å². The van der Waals surface area contributed by atoms with Crippen LogP contribution in [0.5, 0.6) is 0 Å². The van der Waals surface area contributed by atoms with Crippen LogP contribution in [0.1, 0.15) is 32.8 Å². The van der Waals surface area contributed by atoms with Gasteiger partial charge in [-0.05, 0) is 43.0 Å². The second-order valence-corrected chi connectivity index (χ2v) is 5.91. The second-order valence-electron chi connectivity index (χ2n) is 5.91. The second kappa shape index (κ2) is 5.91. The fourth-order valence-electron chi connectivity index (χ4n) is 2.92. The van der Waals surface area contributed by atoms with Crippen LogP contribution in [0.3, 0.4) is 0 Å². The molecule has 2 atom stereocenters. The molecule has 0 aromatic heterocycles. The Morgan fingerprint density at radius 2 is 2.16 bits per heavy atom. The first-order valence-corrected chi connectivity index (χ1v) is 7.29. The number of halogens is 1. The predicted octanol–water partition coefficient (Wildman–Crippen LogP) is 3.35. The Morgan fingerprint density at radius 1 is 1.42 bits per heavy atom. The van der Waals surface area contributed by atoms with Gasteiger partial charge in [0.15, 0.2) is 0 Å². The lowest BCUT2D eigenvalue weighted by Gasteiger charge is -2.44. The van der Waals surface area contributed by atoms with Crippen molar-refractivity contribution in [2.45, 2.75) is 46.2 Å². The van der Waals surface area contributed by atoms with Crippen LogP contribution in [-0.4, -0.2) is 25.2 Å². The average Bonchev–Trinajstić information content (AvgIpc) is 2.38. The summed E-state index contributed by atoms with van der Waals surface area (Å²) in [6.07, 6.45) is 1.13. The molecular weight excluding hydrogens is 239 g/mol. The number of aryl methyl sites for hydroxylation is 1. The van der Waals surface area contributed by atoms with Crippen LogP contribution < -0.4 is 10.2 Å². The van der Waals surface area contributed by atoms with Gasteiger partial charge in [-0.25, -0.2) is 4.39 Å². The van der Waals surface area contributed by atoms with Gasteiger partial charge >= 0.3 is 0 Å². The van der Waals surface area contributed by atoms with Crippen LogP contribution in [0.2, 0.25) is 0 Å². The number of hydrogen-bond acceptors (Lipinski definition) is 2. The van der Waals surface area contributed by atoms with Gasteiger partial charge in [-0.3, -0.25) is 0 Å². The average molecular weight is 264 g/mol. The Balaban J connectivity index is 2.30. The summed E-state index contributed by atoms with van der Waals surface area (Å²) in [5.74, 6) is 0.430. The number of rotatable bonds is 3. The van der Waals surface area contributed by atoms with E-state index in [4.69, 9.17) is 0 Å². The molecule has 3 heteroatoms. The maximum atomic E-state index is 13.3. The zero-order valence-electron chi connectivity index (χ0n) is 12.4. The molecule has 1 heterocycles. The minimum atomic E-state index is -0.149. The lowest BCUT2D eigenvalue weighted by atomic mass is 9.96. The Labute approximate surface area is 116 Å². The SMILES string of the molecule is CCC1CN(c2ccc(F)cc2C)C(C(C)C)CN1. The van der Waals surface area contributed by atoms with E-state index in [1.165, 1.54) is 5.69 Å². The zero-order valence-corrected chi connectivity index (χ0v) is 12.4. The van der Waals surface area contributed by atoms with Crippen molar-refractivity contribution < 1.29 is 4.39 Å². The molecule has 0 amide bonds. The van der Waals surface area contributed by atoms with Gasteiger partial charge in [0, 0.05) is 30.9 Å². The van der Waals surface area contributed by atoms with Crippen molar-refractivity contribution >= 4 is 5.69 Å². The fourth-order valence-corrected chi connectivity index (χ4v) is 2.92. The van der Waals surface area contributed by atoms with Gasteiger partial charge in [0.2, 0.25) is 0 Å². The van der Waals surface area contributed by atoms with Crippen LogP contribution in [0.4, 0.5) is 10.1 Å². The Kier molecular flexibility index (Phi) is 4.46. The molecule has 19 heavy (non-hydrogen) atoms. The number of benzene rings is 1. The number of nitrogens with zero attached hydrogens (tertiary/aromatic N) is 1. The summed E-state index contributed by atoms with van der Waals surface area (Å²) >= 11 is 0. The van der Waals surface area contributed by atoms with Gasteiger partial charge in [-0.15, -0.1) is 0 Å². The van der Waals surface area contributed by atoms with E-state index >= 15 is 0 Å². The van der Waals surface area contributed by atoms with Gasteiger partial charge in [0.25, 0.3) is 0 Å². The van der Waals surface area contributed by atoms with Crippen molar-refractivity contribution in [1.29, 1.82) is 0 Å². The summed E-state index contributed by atoms with van der Waals surface area (Å²) in [6, 6.07) is 6.14. The monoisotopic (exact) mass is 264 g/mol. The standard InChI is InChI=1S/C16H25FN2/c1-5-14-10-19(16(9-18-14)11(2)3)15-7-6-13(17)8-12(15)4/h6-8,11,14,16,18H,5,9-10H2,1-4H3. The van der Waals surface area contributed by atoms with E-state index in [1.807, 2.05) is 13.0 Å². The van der Waals surface area contributed by atoms with Crippen molar-refractivity contribution in [3.8, 4) is 0 Å². The fraction of sp³-hybridized carbons (Fsp3) is 0.625. The number of piperazine rings is 1. The minimum Gasteiger partial charge on any atom is -0.365 e. The minimum absolute atomic E-state index is 0.149. The normalized spacial score (nSPS) is 24.0. The van der Waals surface area contributed by atoms with Crippen LogP contribution in [0.15, 0.2) is 18.2 Å². The van der Waals surface area contributed by atoms with E-state index in [0.717, 1.165) is 25.1 Å². The highest BCUT2D eigenvalue weighted by Gasteiger charge is 2.29. The molecule has 2 rings (SSSR count). The molecule has 1 aromatic rings. The van der Waals surface area contributed by atoms with Gasteiger partial charge in [-0.2, -0.15) is 0 Å². The largest absolute Gasteiger partial charge is 0.365 e. The molecule has 1 saturated heterocycles. The molecule has 0 saturated carbocycles. The highest BCUT2D eigenvalue weighted by molar-refractivity contribution is 5.54.